The Morgan fingerprint density at radius 3 is 2.57 bits per heavy atom. The van der Waals surface area contributed by atoms with Gasteiger partial charge in [-0.15, -0.1) is 0 Å². The summed E-state index contributed by atoms with van der Waals surface area (Å²) in [5.74, 6) is -0.166. The van der Waals surface area contributed by atoms with Crippen molar-refractivity contribution < 1.29 is 9.53 Å². The zero-order valence-electron chi connectivity index (χ0n) is 13.5. The van der Waals surface area contributed by atoms with Crippen molar-refractivity contribution in [3.8, 4) is 0 Å². The van der Waals surface area contributed by atoms with Gasteiger partial charge in [-0.2, -0.15) is 5.10 Å². The van der Waals surface area contributed by atoms with Crippen LogP contribution in [0, 0.1) is 0 Å². The van der Waals surface area contributed by atoms with Crippen LogP contribution in [0.5, 0.6) is 0 Å². The maximum Gasteiger partial charge on any atom is 0.320 e. The van der Waals surface area contributed by atoms with Crippen molar-refractivity contribution in [3.63, 3.8) is 0 Å². The van der Waals surface area contributed by atoms with Gasteiger partial charge in [-0.25, -0.2) is 0 Å². The molecule has 0 fully saturated rings. The third kappa shape index (κ3) is 5.11. The third-order valence-corrected chi connectivity index (χ3v) is 4.18. The van der Waals surface area contributed by atoms with Gasteiger partial charge in [0.25, 0.3) is 0 Å². The first-order valence-electron chi connectivity index (χ1n) is 7.69. The van der Waals surface area contributed by atoms with E-state index in [1.165, 1.54) is 0 Å². The van der Waals surface area contributed by atoms with Crippen LogP contribution >= 0.6 is 15.9 Å². The van der Waals surface area contributed by atoms with E-state index in [0.717, 1.165) is 41.8 Å². The highest BCUT2D eigenvalue weighted by Gasteiger charge is 2.18. The van der Waals surface area contributed by atoms with Crippen molar-refractivity contribution in [2.75, 3.05) is 19.7 Å². The van der Waals surface area contributed by atoms with Gasteiger partial charge < -0.3 is 4.74 Å². The molecule has 0 aliphatic heterocycles. The van der Waals surface area contributed by atoms with Gasteiger partial charge in [-0.05, 0) is 49.2 Å². The zero-order valence-corrected chi connectivity index (χ0v) is 15.1. The summed E-state index contributed by atoms with van der Waals surface area (Å²) in [6, 6.07) is 0. The lowest BCUT2D eigenvalue weighted by molar-refractivity contribution is -0.144. The smallest absolute Gasteiger partial charge is 0.320 e. The molecule has 1 aromatic heterocycles. The minimum Gasteiger partial charge on any atom is -0.465 e. The lowest BCUT2D eigenvalue weighted by atomic mass is 10.2. The van der Waals surface area contributed by atoms with Crippen LogP contribution in [0.3, 0.4) is 0 Å². The summed E-state index contributed by atoms with van der Waals surface area (Å²) in [4.78, 5) is 13.8. The average Bonchev–Trinajstić information content (AvgIpc) is 2.75. The van der Waals surface area contributed by atoms with E-state index in [4.69, 9.17) is 4.74 Å². The van der Waals surface area contributed by atoms with Gasteiger partial charge in [0.15, 0.2) is 0 Å². The molecule has 0 spiro atoms. The molecule has 1 heterocycles. The number of hydrogen-bond acceptors (Lipinski definition) is 4. The van der Waals surface area contributed by atoms with Crippen LogP contribution < -0.4 is 0 Å². The highest BCUT2D eigenvalue weighted by molar-refractivity contribution is 9.10. The predicted octanol–water partition coefficient (Wildman–Crippen LogP) is 3.00. The number of carbonyl (C=O) groups excluding carboxylic acids is 1. The molecule has 0 aliphatic carbocycles. The summed E-state index contributed by atoms with van der Waals surface area (Å²) in [6.07, 6.45) is 1.89. The van der Waals surface area contributed by atoms with Crippen LogP contribution in [-0.4, -0.2) is 40.3 Å². The number of rotatable bonds is 9. The van der Waals surface area contributed by atoms with Crippen molar-refractivity contribution >= 4 is 21.9 Å². The van der Waals surface area contributed by atoms with Crippen molar-refractivity contribution in [3.05, 3.63) is 15.9 Å². The van der Waals surface area contributed by atoms with Crippen LogP contribution in [0.4, 0.5) is 0 Å². The lowest BCUT2D eigenvalue weighted by Crippen LogP contribution is -2.32. The zero-order chi connectivity index (χ0) is 15.8. The fourth-order valence-electron chi connectivity index (χ4n) is 2.30. The minimum atomic E-state index is -0.166. The summed E-state index contributed by atoms with van der Waals surface area (Å²) in [7, 11) is 0. The second-order valence-corrected chi connectivity index (χ2v) is 5.69. The normalized spacial score (nSPS) is 11.1. The molecule has 5 nitrogen and oxygen atoms in total. The highest BCUT2D eigenvalue weighted by atomic mass is 79.9. The predicted molar refractivity (Wildman–Crippen MR) is 87.2 cm³/mol. The van der Waals surface area contributed by atoms with E-state index in [9.17, 15) is 4.79 Å². The summed E-state index contributed by atoms with van der Waals surface area (Å²) in [5.41, 5.74) is 2.20. The molecule has 0 saturated carbocycles. The maximum atomic E-state index is 11.7. The molecule has 1 aromatic rings. The Morgan fingerprint density at radius 1 is 1.33 bits per heavy atom. The largest absolute Gasteiger partial charge is 0.465 e. The Bertz CT molecular complexity index is 460. The molecule has 0 amide bonds. The van der Waals surface area contributed by atoms with E-state index in [-0.39, 0.29) is 5.97 Å². The Balaban J connectivity index is 2.87. The van der Waals surface area contributed by atoms with Gasteiger partial charge in [0.2, 0.25) is 0 Å². The number of aryl methyl sites for hydroxylation is 2. The first kappa shape index (κ1) is 18.2. The highest BCUT2D eigenvalue weighted by Crippen LogP contribution is 2.23. The van der Waals surface area contributed by atoms with E-state index < -0.39 is 0 Å². The van der Waals surface area contributed by atoms with E-state index in [0.29, 0.717) is 19.7 Å². The van der Waals surface area contributed by atoms with Gasteiger partial charge in [0.1, 0.15) is 0 Å². The third-order valence-electron chi connectivity index (χ3n) is 3.27. The van der Waals surface area contributed by atoms with Crippen molar-refractivity contribution in [1.29, 1.82) is 0 Å². The van der Waals surface area contributed by atoms with E-state index in [1.54, 1.807) is 0 Å². The summed E-state index contributed by atoms with van der Waals surface area (Å²) >= 11 is 3.65. The summed E-state index contributed by atoms with van der Waals surface area (Å²) in [5, 5.41) is 4.60. The van der Waals surface area contributed by atoms with Gasteiger partial charge in [-0.3, -0.25) is 14.4 Å². The first-order chi connectivity index (χ1) is 10.1. The Morgan fingerprint density at radius 2 is 2.05 bits per heavy atom. The SMILES string of the molecule is CCCN(CC(=O)OCC)Cc1c(Br)c(CC)nn1CC. The molecule has 0 bridgehead atoms. The number of ether oxygens (including phenoxy) is 1. The van der Waals surface area contributed by atoms with Crippen LogP contribution in [0.1, 0.15) is 45.5 Å². The van der Waals surface area contributed by atoms with Crippen LogP contribution in [0.15, 0.2) is 4.47 Å². The molecule has 0 atom stereocenters. The quantitative estimate of drug-likeness (QED) is 0.635. The van der Waals surface area contributed by atoms with E-state index in [2.05, 4.69) is 46.7 Å². The molecule has 0 aliphatic rings. The fraction of sp³-hybridized carbons (Fsp3) is 0.733. The Kier molecular flexibility index (Phi) is 7.96. The minimum absolute atomic E-state index is 0.166. The average molecular weight is 360 g/mol. The number of halogens is 1. The van der Waals surface area contributed by atoms with Crippen LogP contribution in [0.25, 0.3) is 0 Å². The molecule has 21 heavy (non-hydrogen) atoms. The maximum absolute atomic E-state index is 11.7. The molecule has 0 saturated heterocycles. The van der Waals surface area contributed by atoms with E-state index in [1.807, 2.05) is 11.6 Å². The molecule has 0 unspecified atom stereocenters. The topological polar surface area (TPSA) is 47.4 Å². The molecule has 0 radical (unpaired) electrons. The molecule has 1 rings (SSSR count). The lowest BCUT2D eigenvalue weighted by Gasteiger charge is -2.21. The second kappa shape index (κ2) is 9.20. The summed E-state index contributed by atoms with van der Waals surface area (Å²) in [6.45, 7) is 11.3. The number of nitrogens with zero attached hydrogens (tertiary/aromatic N) is 3. The standard InChI is InChI=1S/C15H26BrN3O2/c1-5-9-18(11-14(20)21-8-4)10-13-15(16)12(6-2)17-19(13)7-3/h5-11H2,1-4H3. The number of esters is 1. The van der Waals surface area contributed by atoms with Crippen LogP contribution in [-0.2, 0) is 29.0 Å². The van der Waals surface area contributed by atoms with Gasteiger partial charge >= 0.3 is 5.97 Å². The van der Waals surface area contributed by atoms with Crippen molar-refractivity contribution in [2.45, 2.75) is 53.6 Å². The van der Waals surface area contributed by atoms with Gasteiger partial charge in [0.05, 0.1) is 29.0 Å². The van der Waals surface area contributed by atoms with Crippen molar-refractivity contribution in [1.82, 2.24) is 14.7 Å². The van der Waals surface area contributed by atoms with Crippen molar-refractivity contribution in [2.24, 2.45) is 0 Å². The monoisotopic (exact) mass is 359 g/mol. The van der Waals surface area contributed by atoms with Crippen LogP contribution in [0.2, 0.25) is 0 Å². The molecule has 6 heteroatoms. The van der Waals surface area contributed by atoms with Gasteiger partial charge in [0, 0.05) is 13.1 Å². The molecule has 120 valence electrons. The number of carbonyl (C=O) groups is 1. The number of aromatic nitrogens is 2. The number of hydrogen-bond donors (Lipinski definition) is 0. The molecular weight excluding hydrogens is 334 g/mol. The molecule has 0 aromatic carbocycles. The molecular formula is C15H26BrN3O2. The van der Waals surface area contributed by atoms with Gasteiger partial charge in [-0.1, -0.05) is 13.8 Å². The summed E-state index contributed by atoms with van der Waals surface area (Å²) < 4.78 is 8.13. The Hall–Kier alpha value is -0.880. The van der Waals surface area contributed by atoms with E-state index >= 15 is 0 Å². The first-order valence-corrected chi connectivity index (χ1v) is 8.48. The second-order valence-electron chi connectivity index (χ2n) is 4.89. The fourth-order valence-corrected chi connectivity index (χ4v) is 2.99. The molecule has 0 N–H and O–H groups in total. The Labute approximate surface area is 135 Å².